The van der Waals surface area contributed by atoms with Gasteiger partial charge in [0, 0.05) is 21.4 Å². The molecule has 0 bridgehead atoms. The molecule has 16 heavy (non-hydrogen) atoms. The zero-order valence-electron chi connectivity index (χ0n) is 7.85. The Morgan fingerprint density at radius 1 is 1.38 bits per heavy atom. The molecule has 3 heterocycles. The van der Waals surface area contributed by atoms with Crippen LogP contribution in [0.3, 0.4) is 0 Å². The molecule has 0 amide bonds. The quantitative estimate of drug-likeness (QED) is 0.687. The van der Waals surface area contributed by atoms with Crippen molar-refractivity contribution < 1.29 is 4.52 Å². The Morgan fingerprint density at radius 2 is 2.25 bits per heavy atom. The lowest BCUT2D eigenvalue weighted by Gasteiger charge is -1.89. The molecule has 3 aromatic heterocycles. The van der Waals surface area contributed by atoms with E-state index in [0.29, 0.717) is 5.89 Å². The van der Waals surface area contributed by atoms with Crippen LogP contribution in [-0.2, 0) is 0 Å². The third-order valence-electron chi connectivity index (χ3n) is 2.05. The fourth-order valence-electron chi connectivity index (χ4n) is 1.37. The first-order valence-electron chi connectivity index (χ1n) is 4.36. The first-order chi connectivity index (χ1) is 7.74. The minimum Gasteiger partial charge on any atom is -0.365 e. The van der Waals surface area contributed by atoms with Crippen molar-refractivity contribution in [2.75, 3.05) is 5.73 Å². The van der Waals surface area contributed by atoms with Crippen LogP contribution in [0.4, 0.5) is 5.95 Å². The molecule has 0 aromatic carbocycles. The summed E-state index contributed by atoms with van der Waals surface area (Å²) in [5.74, 6) is 0.606. The summed E-state index contributed by atoms with van der Waals surface area (Å²) in [5.41, 5.74) is 5.41. The number of fused-ring (bicyclic) bond motifs is 1. The van der Waals surface area contributed by atoms with E-state index in [2.05, 4.69) is 37.7 Å². The lowest BCUT2D eigenvalue weighted by atomic mass is 10.3. The molecule has 7 heteroatoms. The Morgan fingerprint density at radius 3 is 2.94 bits per heavy atom. The maximum atomic E-state index is 5.41. The molecule has 0 unspecified atom stereocenters. The van der Waals surface area contributed by atoms with E-state index in [-0.39, 0.29) is 5.95 Å². The molecule has 3 aromatic rings. The van der Waals surface area contributed by atoms with Gasteiger partial charge in [-0.05, 0) is 33.8 Å². The zero-order chi connectivity index (χ0) is 11.1. The normalized spacial score (nSPS) is 11.1. The SMILES string of the molecule is Nc1noc(-c2cc3c(I)cncc3s2)n1. The van der Waals surface area contributed by atoms with Crippen LogP contribution >= 0.6 is 33.9 Å². The van der Waals surface area contributed by atoms with Crippen LogP contribution in [0.2, 0.25) is 0 Å². The number of anilines is 1. The molecule has 0 radical (unpaired) electrons. The molecule has 0 aliphatic rings. The van der Waals surface area contributed by atoms with E-state index in [1.54, 1.807) is 11.3 Å². The number of halogens is 1. The number of rotatable bonds is 1. The van der Waals surface area contributed by atoms with Crippen molar-refractivity contribution in [3.8, 4) is 10.8 Å². The summed E-state index contributed by atoms with van der Waals surface area (Å²) in [7, 11) is 0. The molecule has 0 fully saturated rings. The Hall–Kier alpha value is -1.22. The average molecular weight is 344 g/mol. The van der Waals surface area contributed by atoms with Gasteiger partial charge in [0.25, 0.3) is 11.8 Å². The van der Waals surface area contributed by atoms with Gasteiger partial charge in [0.1, 0.15) is 0 Å². The van der Waals surface area contributed by atoms with E-state index in [9.17, 15) is 0 Å². The highest BCUT2D eigenvalue weighted by molar-refractivity contribution is 14.1. The predicted octanol–water partition coefficient (Wildman–Crippen LogP) is 2.53. The maximum absolute atomic E-state index is 5.41. The van der Waals surface area contributed by atoms with Crippen LogP contribution < -0.4 is 5.73 Å². The minimum atomic E-state index is 0.153. The summed E-state index contributed by atoms with van der Waals surface area (Å²) in [6.45, 7) is 0. The summed E-state index contributed by atoms with van der Waals surface area (Å²) >= 11 is 3.81. The number of nitrogen functional groups attached to an aromatic ring is 1. The van der Waals surface area contributed by atoms with Gasteiger partial charge in [-0.3, -0.25) is 4.98 Å². The van der Waals surface area contributed by atoms with Crippen molar-refractivity contribution in [1.82, 2.24) is 15.1 Å². The van der Waals surface area contributed by atoms with E-state index in [1.165, 1.54) is 0 Å². The molecule has 3 rings (SSSR count). The van der Waals surface area contributed by atoms with Crippen molar-refractivity contribution in [3.05, 3.63) is 22.0 Å². The first kappa shape index (κ1) is 9.97. The number of pyridine rings is 1. The average Bonchev–Trinajstić information content (AvgIpc) is 2.84. The van der Waals surface area contributed by atoms with Gasteiger partial charge in [-0.2, -0.15) is 4.98 Å². The van der Waals surface area contributed by atoms with E-state index in [1.807, 2.05) is 18.5 Å². The molecular weight excluding hydrogens is 339 g/mol. The second kappa shape index (κ2) is 3.67. The van der Waals surface area contributed by atoms with Crippen LogP contribution in [0, 0.1) is 3.57 Å². The minimum absolute atomic E-state index is 0.153. The number of hydrogen-bond donors (Lipinski definition) is 1. The van der Waals surface area contributed by atoms with Crippen molar-refractivity contribution in [2.45, 2.75) is 0 Å². The molecule has 0 aliphatic heterocycles. The molecule has 5 nitrogen and oxygen atoms in total. The van der Waals surface area contributed by atoms with Gasteiger partial charge in [-0.1, -0.05) is 0 Å². The van der Waals surface area contributed by atoms with Crippen molar-refractivity contribution in [1.29, 1.82) is 0 Å². The number of hydrogen-bond acceptors (Lipinski definition) is 6. The Labute approximate surface area is 108 Å². The summed E-state index contributed by atoms with van der Waals surface area (Å²) in [4.78, 5) is 9.04. The molecule has 0 saturated carbocycles. The summed E-state index contributed by atoms with van der Waals surface area (Å²) in [6, 6.07) is 2.01. The standard InChI is InChI=1S/C9H5IN4OS/c10-5-2-12-3-7-4(5)1-6(16-7)8-13-9(11)14-15-8/h1-3H,(H2,11,14). The van der Waals surface area contributed by atoms with Crippen molar-refractivity contribution in [3.63, 3.8) is 0 Å². The first-order valence-corrected chi connectivity index (χ1v) is 6.26. The lowest BCUT2D eigenvalue weighted by molar-refractivity contribution is 0.434. The molecule has 0 aliphatic carbocycles. The number of thiophene rings is 1. The zero-order valence-corrected chi connectivity index (χ0v) is 10.8. The van der Waals surface area contributed by atoms with Crippen LogP contribution in [0.15, 0.2) is 23.0 Å². The van der Waals surface area contributed by atoms with Crippen molar-refractivity contribution >= 4 is 50.0 Å². The second-order valence-electron chi connectivity index (χ2n) is 3.10. The molecule has 0 saturated heterocycles. The molecule has 0 spiro atoms. The third kappa shape index (κ3) is 1.55. The van der Waals surface area contributed by atoms with E-state index in [0.717, 1.165) is 18.5 Å². The third-order valence-corrected chi connectivity index (χ3v) is 3.97. The van der Waals surface area contributed by atoms with Gasteiger partial charge in [0.2, 0.25) is 0 Å². The Balaban J connectivity index is 2.22. The topological polar surface area (TPSA) is 77.8 Å². The monoisotopic (exact) mass is 344 g/mol. The van der Waals surface area contributed by atoms with Gasteiger partial charge in [0.15, 0.2) is 0 Å². The lowest BCUT2D eigenvalue weighted by Crippen LogP contribution is -1.84. The van der Waals surface area contributed by atoms with E-state index >= 15 is 0 Å². The van der Waals surface area contributed by atoms with Crippen LogP contribution in [0.1, 0.15) is 0 Å². The fourth-order valence-corrected chi connectivity index (χ4v) is 3.13. The highest BCUT2D eigenvalue weighted by Gasteiger charge is 2.12. The largest absolute Gasteiger partial charge is 0.365 e. The predicted molar refractivity (Wildman–Crippen MR) is 70.0 cm³/mol. The van der Waals surface area contributed by atoms with Crippen LogP contribution in [0.5, 0.6) is 0 Å². The van der Waals surface area contributed by atoms with Gasteiger partial charge in [0.05, 0.1) is 9.58 Å². The Bertz CT molecular complexity index is 662. The Kier molecular flexibility index (Phi) is 2.28. The molecular formula is C9H5IN4OS. The second-order valence-corrected chi connectivity index (χ2v) is 5.35. The molecule has 80 valence electrons. The van der Waals surface area contributed by atoms with Gasteiger partial charge in [-0.25, -0.2) is 0 Å². The number of nitrogens with zero attached hydrogens (tertiary/aromatic N) is 3. The highest BCUT2D eigenvalue weighted by atomic mass is 127. The molecule has 0 atom stereocenters. The highest BCUT2D eigenvalue weighted by Crippen LogP contribution is 2.34. The van der Waals surface area contributed by atoms with Gasteiger partial charge in [-0.15, -0.1) is 11.3 Å². The fraction of sp³-hybridized carbons (Fsp3) is 0. The van der Waals surface area contributed by atoms with Gasteiger partial charge >= 0.3 is 0 Å². The summed E-state index contributed by atoms with van der Waals surface area (Å²) < 4.78 is 7.22. The maximum Gasteiger partial charge on any atom is 0.269 e. The van der Waals surface area contributed by atoms with Crippen molar-refractivity contribution in [2.24, 2.45) is 0 Å². The summed E-state index contributed by atoms with van der Waals surface area (Å²) in [5, 5.41) is 4.71. The summed E-state index contributed by atoms with van der Waals surface area (Å²) in [6.07, 6.45) is 3.65. The van der Waals surface area contributed by atoms with E-state index in [4.69, 9.17) is 10.3 Å². The van der Waals surface area contributed by atoms with Crippen LogP contribution in [0.25, 0.3) is 20.9 Å². The number of nitrogens with two attached hydrogens (primary N) is 1. The van der Waals surface area contributed by atoms with Gasteiger partial charge < -0.3 is 10.3 Å². The van der Waals surface area contributed by atoms with E-state index < -0.39 is 0 Å². The smallest absolute Gasteiger partial charge is 0.269 e. The number of aromatic nitrogens is 3. The van der Waals surface area contributed by atoms with Crippen LogP contribution in [-0.4, -0.2) is 15.1 Å². The molecule has 2 N–H and O–H groups in total.